The van der Waals surface area contributed by atoms with Crippen LogP contribution in [0.15, 0.2) is 0 Å². The Morgan fingerprint density at radius 2 is 2.07 bits per heavy atom. The highest BCUT2D eigenvalue weighted by molar-refractivity contribution is 5.75. The molecular weight excluding hydrogens is 194 g/mol. The molecule has 1 N–H and O–H groups in total. The Balaban J connectivity index is 3.72. The minimum absolute atomic E-state index is 0.193. The fourth-order valence-electron chi connectivity index (χ4n) is 1.29. The van der Waals surface area contributed by atoms with Crippen molar-refractivity contribution in [3.63, 3.8) is 0 Å². The molecule has 0 spiro atoms. The Labute approximate surface area is 92.3 Å². The van der Waals surface area contributed by atoms with Crippen LogP contribution in [-0.4, -0.2) is 38.9 Å². The molecule has 0 aliphatic carbocycles. The van der Waals surface area contributed by atoms with Crippen molar-refractivity contribution in [3.8, 4) is 0 Å². The molecule has 0 aliphatic heterocycles. The van der Waals surface area contributed by atoms with Crippen LogP contribution in [0.5, 0.6) is 0 Å². The molecule has 0 rings (SSSR count). The maximum absolute atomic E-state index is 11.4. The monoisotopic (exact) mass is 217 g/mol. The van der Waals surface area contributed by atoms with E-state index in [1.807, 2.05) is 20.8 Å². The molecule has 1 atom stereocenters. The van der Waals surface area contributed by atoms with Gasteiger partial charge in [-0.3, -0.25) is 4.79 Å². The quantitative estimate of drug-likeness (QED) is 0.490. The fourth-order valence-corrected chi connectivity index (χ4v) is 1.29. The van der Waals surface area contributed by atoms with Gasteiger partial charge in [0.2, 0.25) is 0 Å². The van der Waals surface area contributed by atoms with E-state index in [0.29, 0.717) is 0 Å². The van der Waals surface area contributed by atoms with Crippen molar-refractivity contribution < 1.29 is 14.3 Å². The first kappa shape index (κ1) is 14.4. The highest BCUT2D eigenvalue weighted by atomic mass is 16.5. The maximum atomic E-state index is 11.4. The van der Waals surface area contributed by atoms with Crippen molar-refractivity contribution in [2.45, 2.75) is 33.2 Å². The van der Waals surface area contributed by atoms with Crippen molar-refractivity contribution in [2.24, 2.45) is 5.92 Å². The van der Waals surface area contributed by atoms with E-state index in [-0.39, 0.29) is 17.9 Å². The van der Waals surface area contributed by atoms with Gasteiger partial charge < -0.3 is 14.8 Å². The summed E-state index contributed by atoms with van der Waals surface area (Å²) < 4.78 is 9.93. The first-order chi connectivity index (χ1) is 7.13. The van der Waals surface area contributed by atoms with E-state index in [0.717, 1.165) is 26.2 Å². The zero-order chi connectivity index (χ0) is 11.7. The molecule has 0 radical (unpaired) electrons. The molecule has 0 heterocycles. The predicted octanol–water partition coefficient (Wildman–Crippen LogP) is 1.20. The van der Waals surface area contributed by atoms with Crippen molar-refractivity contribution in [3.05, 3.63) is 0 Å². The van der Waals surface area contributed by atoms with Crippen LogP contribution >= 0.6 is 0 Å². The van der Waals surface area contributed by atoms with Crippen LogP contribution in [0.1, 0.15) is 27.2 Å². The summed E-state index contributed by atoms with van der Waals surface area (Å²) in [6, 6.07) is -0.211. The van der Waals surface area contributed by atoms with Gasteiger partial charge in [-0.25, -0.2) is 0 Å². The number of carbonyl (C=O) groups excluding carboxylic acids is 1. The average molecular weight is 217 g/mol. The van der Waals surface area contributed by atoms with E-state index >= 15 is 0 Å². The number of nitrogens with one attached hydrogen (secondary N) is 1. The lowest BCUT2D eigenvalue weighted by Crippen LogP contribution is -2.42. The van der Waals surface area contributed by atoms with Crippen LogP contribution in [0.3, 0.4) is 0 Å². The molecule has 0 amide bonds. The van der Waals surface area contributed by atoms with Gasteiger partial charge in [-0.15, -0.1) is 0 Å². The SMILES string of the molecule is CCOCCCNC(C(=O)OC)C(C)C. The smallest absolute Gasteiger partial charge is 0.323 e. The zero-order valence-electron chi connectivity index (χ0n) is 10.2. The summed E-state index contributed by atoms with van der Waals surface area (Å²) in [5, 5.41) is 3.17. The number of carbonyl (C=O) groups is 1. The molecule has 90 valence electrons. The molecule has 4 heteroatoms. The third-order valence-corrected chi connectivity index (χ3v) is 2.16. The largest absolute Gasteiger partial charge is 0.468 e. The molecule has 0 aromatic rings. The Bertz CT molecular complexity index is 171. The van der Waals surface area contributed by atoms with Crippen molar-refractivity contribution in [2.75, 3.05) is 26.9 Å². The zero-order valence-corrected chi connectivity index (χ0v) is 10.2. The second kappa shape index (κ2) is 8.68. The number of ether oxygens (including phenoxy) is 2. The number of rotatable bonds is 8. The van der Waals surface area contributed by atoms with Gasteiger partial charge in [-0.1, -0.05) is 13.8 Å². The standard InChI is InChI=1S/C11H23NO3/c1-5-15-8-6-7-12-10(9(2)3)11(13)14-4/h9-10,12H,5-8H2,1-4H3. The molecule has 0 saturated heterocycles. The third-order valence-electron chi connectivity index (χ3n) is 2.16. The Hall–Kier alpha value is -0.610. The number of hydrogen-bond acceptors (Lipinski definition) is 4. The van der Waals surface area contributed by atoms with Crippen LogP contribution in [0.4, 0.5) is 0 Å². The summed E-state index contributed by atoms with van der Waals surface area (Å²) in [6.45, 7) is 8.21. The number of methoxy groups -OCH3 is 1. The lowest BCUT2D eigenvalue weighted by atomic mass is 10.0. The van der Waals surface area contributed by atoms with Gasteiger partial charge in [0.25, 0.3) is 0 Å². The van der Waals surface area contributed by atoms with Gasteiger partial charge in [0.15, 0.2) is 0 Å². The van der Waals surface area contributed by atoms with Gasteiger partial charge in [-0.2, -0.15) is 0 Å². The highest BCUT2D eigenvalue weighted by Gasteiger charge is 2.21. The molecule has 1 unspecified atom stereocenters. The van der Waals surface area contributed by atoms with Crippen LogP contribution in [-0.2, 0) is 14.3 Å². The molecule has 0 fully saturated rings. The van der Waals surface area contributed by atoms with Crippen LogP contribution in [0, 0.1) is 5.92 Å². The van der Waals surface area contributed by atoms with Gasteiger partial charge in [-0.05, 0) is 25.8 Å². The van der Waals surface area contributed by atoms with Gasteiger partial charge >= 0.3 is 5.97 Å². The van der Waals surface area contributed by atoms with Gasteiger partial charge in [0.05, 0.1) is 7.11 Å². The minimum atomic E-state index is -0.211. The average Bonchev–Trinajstić information content (AvgIpc) is 2.22. The molecule has 4 nitrogen and oxygen atoms in total. The van der Waals surface area contributed by atoms with E-state index in [9.17, 15) is 4.79 Å². The number of esters is 1. The van der Waals surface area contributed by atoms with Crippen molar-refractivity contribution in [1.82, 2.24) is 5.32 Å². The van der Waals surface area contributed by atoms with E-state index in [1.165, 1.54) is 7.11 Å². The lowest BCUT2D eigenvalue weighted by Gasteiger charge is -2.19. The Kier molecular flexibility index (Phi) is 8.33. The molecule has 0 aromatic heterocycles. The maximum Gasteiger partial charge on any atom is 0.323 e. The van der Waals surface area contributed by atoms with Crippen molar-refractivity contribution >= 4 is 5.97 Å². The summed E-state index contributed by atoms with van der Waals surface area (Å²) in [5.74, 6) is 0.0472. The van der Waals surface area contributed by atoms with Crippen LogP contribution < -0.4 is 5.32 Å². The molecule has 0 aliphatic rings. The summed E-state index contributed by atoms with van der Waals surface area (Å²) >= 11 is 0. The molecular formula is C11H23NO3. The van der Waals surface area contributed by atoms with Crippen LogP contribution in [0.2, 0.25) is 0 Å². The molecule has 0 aromatic carbocycles. The first-order valence-corrected chi connectivity index (χ1v) is 5.52. The van der Waals surface area contributed by atoms with E-state index < -0.39 is 0 Å². The topological polar surface area (TPSA) is 47.6 Å². The predicted molar refractivity (Wildman–Crippen MR) is 59.8 cm³/mol. The highest BCUT2D eigenvalue weighted by Crippen LogP contribution is 2.03. The molecule has 0 bridgehead atoms. The fraction of sp³-hybridized carbons (Fsp3) is 0.909. The summed E-state index contributed by atoms with van der Waals surface area (Å²) in [7, 11) is 1.42. The van der Waals surface area contributed by atoms with Crippen LogP contribution in [0.25, 0.3) is 0 Å². The molecule has 15 heavy (non-hydrogen) atoms. The normalized spacial score (nSPS) is 12.9. The lowest BCUT2D eigenvalue weighted by molar-refractivity contribution is -0.144. The number of hydrogen-bond donors (Lipinski definition) is 1. The second-order valence-electron chi connectivity index (χ2n) is 3.75. The van der Waals surface area contributed by atoms with E-state index in [2.05, 4.69) is 5.32 Å². The Morgan fingerprint density at radius 3 is 2.53 bits per heavy atom. The van der Waals surface area contributed by atoms with Crippen molar-refractivity contribution in [1.29, 1.82) is 0 Å². The second-order valence-corrected chi connectivity index (χ2v) is 3.75. The summed E-state index contributed by atoms with van der Waals surface area (Å²) in [5.41, 5.74) is 0. The van der Waals surface area contributed by atoms with Gasteiger partial charge in [0, 0.05) is 13.2 Å². The van der Waals surface area contributed by atoms with E-state index in [4.69, 9.17) is 9.47 Å². The first-order valence-electron chi connectivity index (χ1n) is 5.52. The van der Waals surface area contributed by atoms with Gasteiger partial charge in [0.1, 0.15) is 6.04 Å². The van der Waals surface area contributed by atoms with E-state index in [1.54, 1.807) is 0 Å². The Morgan fingerprint density at radius 1 is 1.40 bits per heavy atom. The molecule has 0 saturated carbocycles. The summed E-state index contributed by atoms with van der Waals surface area (Å²) in [6.07, 6.45) is 0.911. The third kappa shape index (κ3) is 6.47. The summed E-state index contributed by atoms with van der Waals surface area (Å²) in [4.78, 5) is 11.4. The minimum Gasteiger partial charge on any atom is -0.468 e.